The summed E-state index contributed by atoms with van der Waals surface area (Å²) in [6.45, 7) is 4.01. The molecule has 1 aromatic carbocycles. The largest absolute Gasteiger partial charge is 0.496 e. The molecule has 0 bridgehead atoms. The van der Waals surface area contributed by atoms with E-state index in [4.69, 9.17) is 9.47 Å². The van der Waals surface area contributed by atoms with Gasteiger partial charge >= 0.3 is 0 Å². The molecule has 1 aliphatic rings. The van der Waals surface area contributed by atoms with Gasteiger partial charge in [-0.05, 0) is 32.0 Å². The Labute approximate surface area is 90.4 Å². The second-order valence-electron chi connectivity index (χ2n) is 3.82. The second-order valence-corrected chi connectivity index (χ2v) is 3.82. The van der Waals surface area contributed by atoms with Gasteiger partial charge in [-0.25, -0.2) is 0 Å². The van der Waals surface area contributed by atoms with Gasteiger partial charge in [0, 0.05) is 12.1 Å². The average molecular weight is 207 g/mol. The van der Waals surface area contributed by atoms with E-state index >= 15 is 0 Å². The van der Waals surface area contributed by atoms with E-state index in [2.05, 4.69) is 5.32 Å². The SMILES string of the molecule is COc1cccc(OC2CCNC2)c1C. The molecule has 15 heavy (non-hydrogen) atoms. The van der Waals surface area contributed by atoms with Gasteiger partial charge in [0.25, 0.3) is 0 Å². The van der Waals surface area contributed by atoms with Crippen molar-refractivity contribution in [1.29, 1.82) is 0 Å². The van der Waals surface area contributed by atoms with Crippen LogP contribution in [0.2, 0.25) is 0 Å². The first-order valence-corrected chi connectivity index (χ1v) is 5.32. The highest BCUT2D eigenvalue weighted by molar-refractivity contribution is 5.43. The van der Waals surface area contributed by atoms with Crippen LogP contribution >= 0.6 is 0 Å². The minimum absolute atomic E-state index is 0.302. The number of hydrogen-bond donors (Lipinski definition) is 1. The molecular weight excluding hydrogens is 190 g/mol. The summed E-state index contributed by atoms with van der Waals surface area (Å²) in [5.74, 6) is 1.82. The number of hydrogen-bond acceptors (Lipinski definition) is 3. The van der Waals surface area contributed by atoms with Gasteiger partial charge in [-0.1, -0.05) is 6.07 Å². The smallest absolute Gasteiger partial charge is 0.126 e. The Bertz CT molecular complexity index is 332. The van der Waals surface area contributed by atoms with Crippen molar-refractivity contribution in [2.75, 3.05) is 20.2 Å². The van der Waals surface area contributed by atoms with Crippen LogP contribution < -0.4 is 14.8 Å². The molecule has 1 atom stereocenters. The lowest BCUT2D eigenvalue weighted by Gasteiger charge is -2.16. The lowest BCUT2D eigenvalue weighted by Crippen LogP contribution is -2.20. The van der Waals surface area contributed by atoms with Crippen LogP contribution in [0.1, 0.15) is 12.0 Å². The highest BCUT2D eigenvalue weighted by Gasteiger charge is 2.17. The van der Waals surface area contributed by atoms with Gasteiger partial charge in [-0.2, -0.15) is 0 Å². The summed E-state index contributed by atoms with van der Waals surface area (Å²) < 4.78 is 11.2. The fourth-order valence-corrected chi connectivity index (χ4v) is 1.85. The van der Waals surface area contributed by atoms with Crippen LogP contribution in [0.3, 0.4) is 0 Å². The third kappa shape index (κ3) is 2.23. The molecule has 3 nitrogen and oxygen atoms in total. The molecule has 82 valence electrons. The van der Waals surface area contributed by atoms with E-state index in [1.807, 2.05) is 25.1 Å². The Hall–Kier alpha value is -1.22. The van der Waals surface area contributed by atoms with E-state index in [0.29, 0.717) is 6.10 Å². The van der Waals surface area contributed by atoms with Gasteiger partial charge < -0.3 is 14.8 Å². The standard InChI is InChI=1S/C12H17NO2/c1-9-11(14-2)4-3-5-12(9)15-10-6-7-13-8-10/h3-5,10,13H,6-8H2,1-2H3. The van der Waals surface area contributed by atoms with Crippen molar-refractivity contribution in [3.8, 4) is 11.5 Å². The van der Waals surface area contributed by atoms with Crippen LogP contribution in [0.5, 0.6) is 11.5 Å². The fraction of sp³-hybridized carbons (Fsp3) is 0.500. The number of methoxy groups -OCH3 is 1. The maximum Gasteiger partial charge on any atom is 0.126 e. The molecule has 3 heteroatoms. The molecule has 1 saturated heterocycles. The molecule has 1 N–H and O–H groups in total. The minimum Gasteiger partial charge on any atom is -0.496 e. The zero-order valence-corrected chi connectivity index (χ0v) is 9.25. The molecule has 1 heterocycles. The van der Waals surface area contributed by atoms with E-state index in [1.54, 1.807) is 7.11 Å². The first-order chi connectivity index (χ1) is 7.31. The van der Waals surface area contributed by atoms with Crippen molar-refractivity contribution in [3.63, 3.8) is 0 Å². The van der Waals surface area contributed by atoms with Gasteiger partial charge in [-0.3, -0.25) is 0 Å². The van der Waals surface area contributed by atoms with E-state index in [1.165, 1.54) is 0 Å². The van der Waals surface area contributed by atoms with Crippen molar-refractivity contribution < 1.29 is 9.47 Å². The zero-order valence-electron chi connectivity index (χ0n) is 9.25. The molecule has 0 saturated carbocycles. The third-order valence-corrected chi connectivity index (χ3v) is 2.76. The maximum absolute atomic E-state index is 5.91. The Kier molecular flexibility index (Phi) is 3.11. The Morgan fingerprint density at radius 1 is 1.33 bits per heavy atom. The molecular formula is C12H17NO2. The van der Waals surface area contributed by atoms with Crippen molar-refractivity contribution in [3.05, 3.63) is 23.8 Å². The monoisotopic (exact) mass is 207 g/mol. The first-order valence-electron chi connectivity index (χ1n) is 5.32. The van der Waals surface area contributed by atoms with Crippen LogP contribution in [-0.2, 0) is 0 Å². The molecule has 1 unspecified atom stereocenters. The van der Waals surface area contributed by atoms with Gasteiger partial charge in [-0.15, -0.1) is 0 Å². The Morgan fingerprint density at radius 2 is 2.13 bits per heavy atom. The molecule has 0 spiro atoms. The van der Waals surface area contributed by atoms with E-state index in [-0.39, 0.29) is 0 Å². The normalized spacial score (nSPS) is 20.3. The molecule has 0 amide bonds. The molecule has 0 aliphatic carbocycles. The van der Waals surface area contributed by atoms with Crippen LogP contribution in [0, 0.1) is 6.92 Å². The molecule has 2 rings (SSSR count). The topological polar surface area (TPSA) is 30.5 Å². The predicted octanol–water partition coefficient (Wildman–Crippen LogP) is 1.74. The number of benzene rings is 1. The van der Waals surface area contributed by atoms with Crippen LogP contribution in [0.15, 0.2) is 18.2 Å². The Balaban J connectivity index is 2.13. The van der Waals surface area contributed by atoms with Gasteiger partial charge in [0.15, 0.2) is 0 Å². The predicted molar refractivity (Wildman–Crippen MR) is 59.6 cm³/mol. The molecule has 0 radical (unpaired) electrons. The first kappa shape index (κ1) is 10.3. The van der Waals surface area contributed by atoms with E-state index in [9.17, 15) is 0 Å². The minimum atomic E-state index is 0.302. The molecule has 1 aromatic rings. The third-order valence-electron chi connectivity index (χ3n) is 2.76. The summed E-state index contributed by atoms with van der Waals surface area (Å²) in [4.78, 5) is 0. The summed E-state index contributed by atoms with van der Waals surface area (Å²) in [6, 6.07) is 5.91. The van der Waals surface area contributed by atoms with Crippen molar-refractivity contribution >= 4 is 0 Å². The van der Waals surface area contributed by atoms with Crippen LogP contribution in [0.4, 0.5) is 0 Å². The number of ether oxygens (including phenoxy) is 2. The number of nitrogens with one attached hydrogen (secondary N) is 1. The highest BCUT2D eigenvalue weighted by Crippen LogP contribution is 2.28. The van der Waals surface area contributed by atoms with Crippen molar-refractivity contribution in [2.24, 2.45) is 0 Å². The zero-order chi connectivity index (χ0) is 10.7. The summed E-state index contributed by atoms with van der Waals surface area (Å²) in [6.07, 6.45) is 1.38. The summed E-state index contributed by atoms with van der Waals surface area (Å²) in [7, 11) is 1.68. The van der Waals surface area contributed by atoms with Crippen LogP contribution in [-0.4, -0.2) is 26.3 Å². The van der Waals surface area contributed by atoms with Crippen LogP contribution in [0.25, 0.3) is 0 Å². The van der Waals surface area contributed by atoms with Crippen molar-refractivity contribution in [2.45, 2.75) is 19.4 Å². The van der Waals surface area contributed by atoms with Crippen molar-refractivity contribution in [1.82, 2.24) is 5.32 Å². The summed E-state index contributed by atoms with van der Waals surface area (Å²) in [5.41, 5.74) is 1.08. The lowest BCUT2D eigenvalue weighted by molar-refractivity contribution is 0.220. The summed E-state index contributed by atoms with van der Waals surface area (Å²) >= 11 is 0. The molecule has 1 fully saturated rings. The highest BCUT2D eigenvalue weighted by atomic mass is 16.5. The van der Waals surface area contributed by atoms with Gasteiger partial charge in [0.1, 0.15) is 17.6 Å². The Morgan fingerprint density at radius 3 is 2.80 bits per heavy atom. The second kappa shape index (κ2) is 4.53. The number of rotatable bonds is 3. The summed E-state index contributed by atoms with van der Waals surface area (Å²) in [5, 5.41) is 3.28. The van der Waals surface area contributed by atoms with E-state index in [0.717, 1.165) is 36.6 Å². The maximum atomic E-state index is 5.91. The quantitative estimate of drug-likeness (QED) is 0.819. The van der Waals surface area contributed by atoms with Gasteiger partial charge in [0.05, 0.1) is 7.11 Å². The van der Waals surface area contributed by atoms with Gasteiger partial charge in [0.2, 0.25) is 0 Å². The lowest BCUT2D eigenvalue weighted by atomic mass is 10.2. The molecule has 0 aromatic heterocycles. The van der Waals surface area contributed by atoms with E-state index < -0.39 is 0 Å². The average Bonchev–Trinajstić information content (AvgIpc) is 2.74. The molecule has 1 aliphatic heterocycles. The fourth-order valence-electron chi connectivity index (χ4n) is 1.85.